The molecule has 1 aromatic rings. The second-order valence-electron chi connectivity index (χ2n) is 9.62. The zero-order valence-corrected chi connectivity index (χ0v) is 21.3. The van der Waals surface area contributed by atoms with Gasteiger partial charge in [-0.05, 0) is 56.2 Å². The second-order valence-corrected chi connectivity index (χ2v) is 9.62. The average Bonchev–Trinajstić information content (AvgIpc) is 2.77. The summed E-state index contributed by atoms with van der Waals surface area (Å²) in [6.45, 7) is 11.3. The lowest BCUT2D eigenvalue weighted by Gasteiger charge is -2.20. The van der Waals surface area contributed by atoms with Gasteiger partial charge in [-0.1, -0.05) is 109 Å². The highest BCUT2D eigenvalue weighted by atomic mass is 16.5. The Morgan fingerprint density at radius 3 is 1.87 bits per heavy atom. The fraction of sp³-hybridized carbons (Fsp3) is 0.759. The molecule has 0 aliphatic heterocycles. The summed E-state index contributed by atoms with van der Waals surface area (Å²) < 4.78 is 5.87. The summed E-state index contributed by atoms with van der Waals surface area (Å²) in [4.78, 5) is 12.8. The molecule has 0 amide bonds. The lowest BCUT2D eigenvalue weighted by molar-refractivity contribution is -0.146. The van der Waals surface area contributed by atoms with Gasteiger partial charge in [0.2, 0.25) is 0 Å². The van der Waals surface area contributed by atoms with E-state index in [-0.39, 0.29) is 11.9 Å². The van der Waals surface area contributed by atoms with Crippen LogP contribution in [0.15, 0.2) is 18.2 Å². The van der Waals surface area contributed by atoms with Crippen molar-refractivity contribution in [2.24, 2.45) is 5.92 Å². The fourth-order valence-corrected chi connectivity index (χ4v) is 4.43. The SMILES string of the molecule is CCCCCCCCC(CCCCCCCC)COC(=O)C(C)c1cccc(C)c1C. The Balaban J connectivity index is 2.49. The molecule has 1 rings (SSSR count). The molecule has 0 aliphatic rings. The number of hydrogen-bond acceptors (Lipinski definition) is 2. The topological polar surface area (TPSA) is 26.3 Å². The van der Waals surface area contributed by atoms with Gasteiger partial charge in [0.05, 0.1) is 12.5 Å². The number of ether oxygens (including phenoxy) is 1. The molecule has 0 aliphatic carbocycles. The monoisotopic (exact) mass is 430 g/mol. The molecule has 1 atom stereocenters. The first-order valence-electron chi connectivity index (χ1n) is 13.2. The normalized spacial score (nSPS) is 12.3. The van der Waals surface area contributed by atoms with Crippen LogP contribution in [-0.4, -0.2) is 12.6 Å². The Morgan fingerprint density at radius 1 is 0.806 bits per heavy atom. The molecule has 178 valence electrons. The zero-order chi connectivity index (χ0) is 22.9. The van der Waals surface area contributed by atoms with Crippen molar-refractivity contribution in [1.82, 2.24) is 0 Å². The predicted molar refractivity (Wildman–Crippen MR) is 135 cm³/mol. The third kappa shape index (κ3) is 11.8. The number of aryl methyl sites for hydroxylation is 1. The number of benzene rings is 1. The van der Waals surface area contributed by atoms with Crippen molar-refractivity contribution in [1.29, 1.82) is 0 Å². The van der Waals surface area contributed by atoms with Gasteiger partial charge in [-0.2, -0.15) is 0 Å². The van der Waals surface area contributed by atoms with Crippen molar-refractivity contribution in [2.45, 2.75) is 130 Å². The van der Waals surface area contributed by atoms with Crippen molar-refractivity contribution in [3.8, 4) is 0 Å². The molecule has 0 aromatic heterocycles. The van der Waals surface area contributed by atoms with Gasteiger partial charge in [-0.3, -0.25) is 4.79 Å². The summed E-state index contributed by atoms with van der Waals surface area (Å²) in [6.07, 6.45) is 18.3. The van der Waals surface area contributed by atoms with Crippen LogP contribution < -0.4 is 0 Å². The molecular formula is C29H50O2. The highest BCUT2D eigenvalue weighted by molar-refractivity contribution is 5.78. The van der Waals surface area contributed by atoms with Crippen LogP contribution in [0.5, 0.6) is 0 Å². The first kappa shape index (κ1) is 27.7. The maximum absolute atomic E-state index is 12.8. The van der Waals surface area contributed by atoms with E-state index in [1.807, 2.05) is 13.0 Å². The number of unbranched alkanes of at least 4 members (excludes halogenated alkanes) is 10. The number of hydrogen-bond donors (Lipinski definition) is 0. The zero-order valence-electron chi connectivity index (χ0n) is 21.3. The van der Waals surface area contributed by atoms with E-state index in [4.69, 9.17) is 4.74 Å². The fourth-order valence-electron chi connectivity index (χ4n) is 4.43. The Labute approximate surface area is 193 Å². The van der Waals surface area contributed by atoms with Crippen molar-refractivity contribution in [3.05, 3.63) is 34.9 Å². The Bertz CT molecular complexity index is 576. The molecule has 0 fully saturated rings. The lowest BCUT2D eigenvalue weighted by Crippen LogP contribution is -2.19. The van der Waals surface area contributed by atoms with Crippen LogP contribution in [0.1, 0.15) is 133 Å². The van der Waals surface area contributed by atoms with E-state index in [2.05, 4.69) is 39.8 Å². The number of rotatable bonds is 18. The van der Waals surface area contributed by atoms with Crippen LogP contribution in [0.25, 0.3) is 0 Å². The van der Waals surface area contributed by atoms with Gasteiger partial charge < -0.3 is 4.74 Å². The highest BCUT2D eigenvalue weighted by Gasteiger charge is 2.21. The van der Waals surface area contributed by atoms with Gasteiger partial charge in [0.25, 0.3) is 0 Å². The first-order chi connectivity index (χ1) is 15.0. The summed E-state index contributed by atoms with van der Waals surface area (Å²) in [6, 6.07) is 6.22. The largest absolute Gasteiger partial charge is 0.465 e. The predicted octanol–water partition coefficient (Wildman–Crippen LogP) is 9.07. The van der Waals surface area contributed by atoms with Crippen LogP contribution in [-0.2, 0) is 9.53 Å². The Morgan fingerprint density at radius 2 is 1.32 bits per heavy atom. The summed E-state index contributed by atoms with van der Waals surface area (Å²) >= 11 is 0. The van der Waals surface area contributed by atoms with E-state index in [9.17, 15) is 4.79 Å². The van der Waals surface area contributed by atoms with E-state index >= 15 is 0 Å². The number of carbonyl (C=O) groups excluding carboxylic acids is 1. The Hall–Kier alpha value is -1.31. The molecular weight excluding hydrogens is 380 g/mol. The summed E-state index contributed by atoms with van der Waals surface area (Å²) in [5.41, 5.74) is 3.55. The molecule has 0 spiro atoms. The molecule has 0 saturated heterocycles. The van der Waals surface area contributed by atoms with Gasteiger partial charge >= 0.3 is 5.97 Å². The van der Waals surface area contributed by atoms with Crippen LogP contribution in [0, 0.1) is 19.8 Å². The minimum atomic E-state index is -0.191. The van der Waals surface area contributed by atoms with Crippen molar-refractivity contribution >= 4 is 5.97 Å². The highest BCUT2D eigenvalue weighted by Crippen LogP contribution is 2.25. The minimum Gasteiger partial charge on any atom is -0.465 e. The van der Waals surface area contributed by atoms with Gasteiger partial charge in [-0.25, -0.2) is 0 Å². The molecule has 31 heavy (non-hydrogen) atoms. The molecule has 2 nitrogen and oxygen atoms in total. The molecule has 0 N–H and O–H groups in total. The quantitative estimate of drug-likeness (QED) is 0.171. The van der Waals surface area contributed by atoms with Gasteiger partial charge in [0, 0.05) is 0 Å². The molecule has 0 saturated carbocycles. The smallest absolute Gasteiger partial charge is 0.313 e. The van der Waals surface area contributed by atoms with Crippen molar-refractivity contribution in [2.75, 3.05) is 6.61 Å². The summed E-state index contributed by atoms with van der Waals surface area (Å²) in [5.74, 6) is 0.264. The van der Waals surface area contributed by atoms with Crippen LogP contribution in [0.3, 0.4) is 0 Å². The molecule has 1 unspecified atom stereocenters. The average molecular weight is 431 g/mol. The molecule has 2 heteroatoms. The van der Waals surface area contributed by atoms with Crippen LogP contribution in [0.4, 0.5) is 0 Å². The Kier molecular flexibility index (Phi) is 15.4. The third-order valence-corrected chi connectivity index (χ3v) is 6.86. The minimum absolute atomic E-state index is 0.0652. The maximum atomic E-state index is 12.8. The van der Waals surface area contributed by atoms with Gasteiger partial charge in [0.15, 0.2) is 0 Å². The third-order valence-electron chi connectivity index (χ3n) is 6.86. The standard InChI is InChI=1S/C29H50O2/c1-6-8-10-12-14-16-20-27(21-17-15-13-11-9-7-2)23-31-29(30)26(5)28-22-18-19-24(3)25(28)4/h18-19,22,26-27H,6-17,20-21,23H2,1-5H3. The number of carbonyl (C=O) groups is 1. The maximum Gasteiger partial charge on any atom is 0.313 e. The summed E-state index contributed by atoms with van der Waals surface area (Å²) in [7, 11) is 0. The van der Waals surface area contributed by atoms with E-state index < -0.39 is 0 Å². The van der Waals surface area contributed by atoms with E-state index in [1.54, 1.807) is 0 Å². The number of esters is 1. The van der Waals surface area contributed by atoms with Crippen LogP contribution >= 0.6 is 0 Å². The molecule has 0 heterocycles. The molecule has 0 bridgehead atoms. The molecule has 0 radical (unpaired) electrons. The first-order valence-corrected chi connectivity index (χ1v) is 13.2. The van der Waals surface area contributed by atoms with Crippen LogP contribution in [0.2, 0.25) is 0 Å². The van der Waals surface area contributed by atoms with Crippen molar-refractivity contribution < 1.29 is 9.53 Å². The van der Waals surface area contributed by atoms with Gasteiger partial charge in [-0.15, -0.1) is 0 Å². The second kappa shape index (κ2) is 17.3. The lowest BCUT2D eigenvalue weighted by atomic mass is 9.93. The van der Waals surface area contributed by atoms with E-state index in [1.165, 1.54) is 101 Å². The molecule has 1 aromatic carbocycles. The van der Waals surface area contributed by atoms with E-state index in [0.29, 0.717) is 12.5 Å². The van der Waals surface area contributed by atoms with Crippen molar-refractivity contribution in [3.63, 3.8) is 0 Å². The van der Waals surface area contributed by atoms with E-state index in [0.717, 1.165) is 5.56 Å². The summed E-state index contributed by atoms with van der Waals surface area (Å²) in [5, 5.41) is 0. The van der Waals surface area contributed by atoms with Gasteiger partial charge in [0.1, 0.15) is 0 Å².